The van der Waals surface area contributed by atoms with Gasteiger partial charge < -0.3 is 10.5 Å². The molecule has 1 heterocycles. The Kier molecular flexibility index (Phi) is 3.75. The standard InChI is InChI=1S/C12H10F2N2O2S/c1-18-11(17)8-9(19-12(15)16-8)6-2-4-7(5-3-6)10(13)14/h2-5,10H,1H3,(H2,15,16). The van der Waals surface area contributed by atoms with Crippen LogP contribution in [-0.4, -0.2) is 18.1 Å². The van der Waals surface area contributed by atoms with Crippen molar-refractivity contribution in [2.24, 2.45) is 0 Å². The number of esters is 1. The molecule has 1 aromatic heterocycles. The minimum Gasteiger partial charge on any atom is -0.464 e. The van der Waals surface area contributed by atoms with Gasteiger partial charge in [0.25, 0.3) is 6.43 Å². The lowest BCUT2D eigenvalue weighted by Gasteiger charge is -2.03. The fourth-order valence-electron chi connectivity index (χ4n) is 1.55. The van der Waals surface area contributed by atoms with Crippen LogP contribution in [0.15, 0.2) is 24.3 Å². The molecule has 0 saturated carbocycles. The molecule has 0 atom stereocenters. The lowest BCUT2D eigenvalue weighted by Crippen LogP contribution is -2.03. The minimum absolute atomic E-state index is 0.0825. The molecule has 7 heteroatoms. The van der Waals surface area contributed by atoms with E-state index in [2.05, 4.69) is 9.72 Å². The Balaban J connectivity index is 2.44. The zero-order chi connectivity index (χ0) is 14.0. The van der Waals surface area contributed by atoms with E-state index in [0.29, 0.717) is 10.4 Å². The maximum atomic E-state index is 12.5. The maximum absolute atomic E-state index is 12.5. The topological polar surface area (TPSA) is 65.2 Å². The van der Waals surface area contributed by atoms with Crippen molar-refractivity contribution in [2.75, 3.05) is 12.8 Å². The number of ether oxygens (including phenoxy) is 1. The number of halogens is 2. The Morgan fingerprint density at radius 1 is 1.37 bits per heavy atom. The number of hydrogen-bond donors (Lipinski definition) is 1. The fourth-order valence-corrected chi connectivity index (χ4v) is 2.37. The number of methoxy groups -OCH3 is 1. The first kappa shape index (κ1) is 13.4. The van der Waals surface area contributed by atoms with Crippen molar-refractivity contribution < 1.29 is 18.3 Å². The van der Waals surface area contributed by atoms with Gasteiger partial charge in [0.1, 0.15) is 0 Å². The van der Waals surface area contributed by atoms with Crippen LogP contribution in [0.3, 0.4) is 0 Å². The molecule has 2 rings (SSSR count). The van der Waals surface area contributed by atoms with Crippen LogP contribution in [0, 0.1) is 0 Å². The summed E-state index contributed by atoms with van der Waals surface area (Å²) in [5, 5.41) is 0.216. The van der Waals surface area contributed by atoms with Gasteiger partial charge in [-0.15, -0.1) is 0 Å². The minimum atomic E-state index is -2.53. The summed E-state index contributed by atoms with van der Waals surface area (Å²) in [5.41, 5.74) is 6.17. The Bertz CT molecular complexity index is 596. The first-order valence-corrected chi connectivity index (χ1v) is 6.07. The molecule has 100 valence electrons. The Morgan fingerprint density at radius 3 is 2.53 bits per heavy atom. The van der Waals surface area contributed by atoms with E-state index in [0.717, 1.165) is 11.3 Å². The van der Waals surface area contributed by atoms with Crippen LogP contribution in [0.2, 0.25) is 0 Å². The van der Waals surface area contributed by atoms with Crippen LogP contribution in [0.4, 0.5) is 13.9 Å². The van der Waals surface area contributed by atoms with Crippen molar-refractivity contribution in [3.8, 4) is 10.4 Å². The zero-order valence-corrected chi connectivity index (χ0v) is 10.7. The summed E-state index contributed by atoms with van der Waals surface area (Å²) < 4.78 is 29.5. The van der Waals surface area contributed by atoms with Crippen molar-refractivity contribution in [2.45, 2.75) is 6.43 Å². The number of nitrogen functional groups attached to an aromatic ring is 1. The maximum Gasteiger partial charge on any atom is 0.358 e. The van der Waals surface area contributed by atoms with Gasteiger partial charge in [0.2, 0.25) is 0 Å². The number of anilines is 1. The molecule has 0 amide bonds. The van der Waals surface area contributed by atoms with Crippen LogP contribution in [-0.2, 0) is 4.74 Å². The molecule has 2 N–H and O–H groups in total. The highest BCUT2D eigenvalue weighted by molar-refractivity contribution is 7.19. The number of nitrogens with zero attached hydrogens (tertiary/aromatic N) is 1. The van der Waals surface area contributed by atoms with Crippen molar-refractivity contribution in [1.82, 2.24) is 4.98 Å². The van der Waals surface area contributed by atoms with E-state index in [4.69, 9.17) is 5.73 Å². The van der Waals surface area contributed by atoms with E-state index in [-0.39, 0.29) is 16.4 Å². The summed E-state index contributed by atoms with van der Waals surface area (Å²) in [4.78, 5) is 15.9. The summed E-state index contributed by atoms with van der Waals surface area (Å²) in [6.07, 6.45) is -2.53. The molecule has 0 aliphatic carbocycles. The van der Waals surface area contributed by atoms with Gasteiger partial charge in [0.05, 0.1) is 12.0 Å². The molecule has 4 nitrogen and oxygen atoms in total. The molecule has 0 spiro atoms. The zero-order valence-electron chi connectivity index (χ0n) is 9.89. The molecule has 0 fully saturated rings. The van der Waals surface area contributed by atoms with Gasteiger partial charge in [0.15, 0.2) is 10.8 Å². The fraction of sp³-hybridized carbons (Fsp3) is 0.167. The first-order chi connectivity index (χ1) is 9.02. The van der Waals surface area contributed by atoms with Gasteiger partial charge >= 0.3 is 5.97 Å². The third-order valence-electron chi connectivity index (χ3n) is 2.45. The Morgan fingerprint density at radius 2 is 2.00 bits per heavy atom. The second-order valence-corrected chi connectivity index (χ2v) is 4.67. The highest BCUT2D eigenvalue weighted by Crippen LogP contribution is 2.33. The number of rotatable bonds is 3. The molecule has 1 aromatic carbocycles. The Hall–Kier alpha value is -2.02. The normalized spacial score (nSPS) is 10.7. The predicted octanol–water partition coefficient (Wildman–Crippen LogP) is 3.12. The molecule has 2 aromatic rings. The monoisotopic (exact) mass is 284 g/mol. The van der Waals surface area contributed by atoms with E-state index < -0.39 is 12.4 Å². The molecule has 0 bridgehead atoms. The summed E-state index contributed by atoms with van der Waals surface area (Å²) in [6.45, 7) is 0. The van der Waals surface area contributed by atoms with Crippen LogP contribution in [0.5, 0.6) is 0 Å². The van der Waals surface area contributed by atoms with Crippen LogP contribution < -0.4 is 5.73 Å². The number of thiazole rings is 1. The average Bonchev–Trinajstić information content (AvgIpc) is 2.80. The summed E-state index contributed by atoms with van der Waals surface area (Å²) >= 11 is 1.10. The van der Waals surface area contributed by atoms with Gasteiger partial charge in [-0.05, 0) is 5.56 Å². The molecule has 0 radical (unpaired) electrons. The number of carbonyl (C=O) groups is 1. The van der Waals surface area contributed by atoms with E-state index in [9.17, 15) is 13.6 Å². The number of alkyl halides is 2. The van der Waals surface area contributed by atoms with Gasteiger partial charge in [-0.2, -0.15) is 0 Å². The number of nitrogens with two attached hydrogens (primary N) is 1. The summed E-state index contributed by atoms with van der Waals surface area (Å²) in [7, 11) is 1.24. The van der Waals surface area contributed by atoms with E-state index in [1.165, 1.54) is 31.4 Å². The molecular formula is C12H10F2N2O2S. The Labute approximate surface area is 111 Å². The second kappa shape index (κ2) is 5.31. The van der Waals surface area contributed by atoms with E-state index in [1.54, 1.807) is 0 Å². The van der Waals surface area contributed by atoms with Crippen molar-refractivity contribution in [1.29, 1.82) is 0 Å². The third kappa shape index (κ3) is 2.70. The van der Waals surface area contributed by atoms with Crippen molar-refractivity contribution in [3.05, 3.63) is 35.5 Å². The van der Waals surface area contributed by atoms with Gasteiger partial charge in [0, 0.05) is 5.56 Å². The number of benzene rings is 1. The number of carbonyl (C=O) groups excluding carboxylic acids is 1. The molecule has 0 aliphatic heterocycles. The largest absolute Gasteiger partial charge is 0.464 e. The quantitative estimate of drug-likeness (QED) is 0.879. The molecule has 19 heavy (non-hydrogen) atoms. The number of hydrogen-bond acceptors (Lipinski definition) is 5. The average molecular weight is 284 g/mol. The number of aromatic nitrogens is 1. The summed E-state index contributed by atoms with van der Waals surface area (Å²) in [5.74, 6) is -0.610. The van der Waals surface area contributed by atoms with Gasteiger partial charge in [-0.3, -0.25) is 0 Å². The lowest BCUT2D eigenvalue weighted by atomic mass is 10.1. The van der Waals surface area contributed by atoms with E-state index in [1.807, 2.05) is 0 Å². The first-order valence-electron chi connectivity index (χ1n) is 5.26. The van der Waals surface area contributed by atoms with Crippen molar-refractivity contribution in [3.63, 3.8) is 0 Å². The van der Waals surface area contributed by atoms with Crippen molar-refractivity contribution >= 4 is 22.4 Å². The van der Waals surface area contributed by atoms with Gasteiger partial charge in [-0.1, -0.05) is 35.6 Å². The molecular weight excluding hydrogens is 274 g/mol. The highest BCUT2D eigenvalue weighted by atomic mass is 32.1. The smallest absolute Gasteiger partial charge is 0.358 e. The highest BCUT2D eigenvalue weighted by Gasteiger charge is 2.19. The second-order valence-electron chi connectivity index (χ2n) is 3.64. The molecule has 0 saturated heterocycles. The predicted molar refractivity (Wildman–Crippen MR) is 68.3 cm³/mol. The SMILES string of the molecule is COC(=O)c1nc(N)sc1-c1ccc(C(F)F)cc1. The molecule has 0 unspecified atom stereocenters. The summed E-state index contributed by atoms with van der Waals surface area (Å²) in [6, 6.07) is 5.61. The van der Waals surface area contributed by atoms with Crippen LogP contribution in [0.25, 0.3) is 10.4 Å². The van der Waals surface area contributed by atoms with Crippen LogP contribution in [0.1, 0.15) is 22.5 Å². The van der Waals surface area contributed by atoms with Crippen LogP contribution >= 0.6 is 11.3 Å². The van der Waals surface area contributed by atoms with Gasteiger partial charge in [-0.25, -0.2) is 18.6 Å². The molecule has 0 aliphatic rings. The van der Waals surface area contributed by atoms with E-state index >= 15 is 0 Å². The third-order valence-corrected chi connectivity index (χ3v) is 3.38. The lowest BCUT2D eigenvalue weighted by molar-refractivity contribution is 0.0596.